The lowest BCUT2D eigenvalue weighted by molar-refractivity contribution is -0.123. The van der Waals surface area contributed by atoms with Gasteiger partial charge in [0.1, 0.15) is 17.0 Å². The molecule has 2 aromatic heterocycles. The zero-order valence-electron chi connectivity index (χ0n) is 28.1. The third-order valence-corrected chi connectivity index (χ3v) is 7.70. The van der Waals surface area contributed by atoms with Gasteiger partial charge in [-0.3, -0.25) is 4.79 Å². The molecule has 4 rings (SSSR count). The van der Waals surface area contributed by atoms with Crippen LogP contribution >= 0.6 is 0 Å². The third-order valence-electron chi connectivity index (χ3n) is 7.70. The molecule has 4 aromatic rings. The molecule has 246 valence electrons. The Morgan fingerprint density at radius 2 is 1.78 bits per heavy atom. The standard InChI is InChI=1S/C33H47N7O3.C2H6/c1-24-32(25(2)43-38-24)27-19-29(34)33-30(20-27)40(23-37-33)21-26-12-10-13-28(18-26)42-22-31(41)36-15-8-6-5-7-9-16-39(4)17-11-14-35-3;1-2/h10,12-13,18-20,23,35H,5-9,11,14-17,21-22,34H2,1-4H3,(H,36,41);1-2H3. The number of nitrogens with two attached hydrogens (primary N) is 1. The van der Waals surface area contributed by atoms with Crippen LogP contribution in [-0.2, 0) is 11.3 Å². The summed E-state index contributed by atoms with van der Waals surface area (Å²) in [5.74, 6) is 1.31. The molecule has 0 spiro atoms. The number of amides is 1. The molecular formula is C35H53N7O3. The summed E-state index contributed by atoms with van der Waals surface area (Å²) < 4.78 is 13.2. The zero-order valence-corrected chi connectivity index (χ0v) is 28.1. The van der Waals surface area contributed by atoms with E-state index in [1.165, 1.54) is 25.7 Å². The lowest BCUT2D eigenvalue weighted by Crippen LogP contribution is -2.29. The molecule has 0 unspecified atom stereocenters. The van der Waals surface area contributed by atoms with Crippen molar-refractivity contribution < 1.29 is 14.1 Å². The number of aryl methyl sites for hydroxylation is 2. The average Bonchev–Trinajstić information content (AvgIpc) is 3.60. The summed E-state index contributed by atoms with van der Waals surface area (Å²) in [6.45, 7) is 12.4. The van der Waals surface area contributed by atoms with E-state index in [0.717, 1.165) is 71.7 Å². The number of carbonyl (C=O) groups is 1. The summed E-state index contributed by atoms with van der Waals surface area (Å²) in [4.78, 5) is 19.3. The average molecular weight is 620 g/mol. The predicted octanol–water partition coefficient (Wildman–Crippen LogP) is 5.95. The van der Waals surface area contributed by atoms with Crippen LogP contribution in [0.1, 0.15) is 69.4 Å². The second kappa shape index (κ2) is 18.8. The van der Waals surface area contributed by atoms with E-state index in [-0.39, 0.29) is 12.5 Å². The maximum atomic E-state index is 12.3. The fourth-order valence-electron chi connectivity index (χ4n) is 5.39. The van der Waals surface area contributed by atoms with Crippen molar-refractivity contribution in [1.82, 2.24) is 30.2 Å². The molecule has 10 heteroatoms. The molecule has 4 N–H and O–H groups in total. The van der Waals surface area contributed by atoms with Crippen LogP contribution in [0.15, 0.2) is 47.2 Å². The molecule has 0 bridgehead atoms. The number of unbranched alkanes of at least 4 members (excludes halogenated alkanes) is 4. The highest BCUT2D eigenvalue weighted by Gasteiger charge is 2.16. The van der Waals surface area contributed by atoms with Crippen molar-refractivity contribution in [1.29, 1.82) is 0 Å². The Morgan fingerprint density at radius 1 is 1.02 bits per heavy atom. The van der Waals surface area contributed by atoms with Gasteiger partial charge >= 0.3 is 0 Å². The number of anilines is 1. The fraction of sp³-hybridized carbons (Fsp3) is 0.514. The minimum Gasteiger partial charge on any atom is -0.484 e. The highest BCUT2D eigenvalue weighted by molar-refractivity contribution is 5.92. The van der Waals surface area contributed by atoms with Crippen molar-refractivity contribution in [3.8, 4) is 16.9 Å². The molecule has 0 radical (unpaired) electrons. The number of rotatable bonds is 18. The van der Waals surface area contributed by atoms with Gasteiger partial charge in [-0.05, 0) is 102 Å². The number of fused-ring (bicyclic) bond motifs is 1. The van der Waals surface area contributed by atoms with E-state index in [1.54, 1.807) is 6.33 Å². The van der Waals surface area contributed by atoms with Crippen LogP contribution in [0.25, 0.3) is 22.2 Å². The lowest BCUT2D eigenvalue weighted by Gasteiger charge is -2.16. The van der Waals surface area contributed by atoms with Crippen LogP contribution in [-0.4, -0.2) is 72.4 Å². The van der Waals surface area contributed by atoms with Crippen LogP contribution in [0.4, 0.5) is 5.69 Å². The van der Waals surface area contributed by atoms with Crippen LogP contribution in [0.5, 0.6) is 5.75 Å². The largest absolute Gasteiger partial charge is 0.484 e. The van der Waals surface area contributed by atoms with E-state index in [1.807, 2.05) is 65.1 Å². The van der Waals surface area contributed by atoms with Gasteiger partial charge in [-0.15, -0.1) is 0 Å². The number of hydrogen-bond donors (Lipinski definition) is 3. The predicted molar refractivity (Wildman–Crippen MR) is 184 cm³/mol. The Hall–Kier alpha value is -3.89. The Kier molecular flexibility index (Phi) is 14.9. The maximum absolute atomic E-state index is 12.3. The van der Waals surface area contributed by atoms with Gasteiger partial charge in [0.15, 0.2) is 6.61 Å². The number of ether oxygens (including phenoxy) is 1. The Morgan fingerprint density at radius 3 is 2.53 bits per heavy atom. The molecule has 0 atom stereocenters. The Bertz CT molecular complexity index is 1440. The van der Waals surface area contributed by atoms with Gasteiger partial charge in [-0.25, -0.2) is 4.98 Å². The highest BCUT2D eigenvalue weighted by Crippen LogP contribution is 2.33. The normalized spacial score (nSPS) is 11.1. The van der Waals surface area contributed by atoms with E-state index in [9.17, 15) is 4.79 Å². The second-order valence-corrected chi connectivity index (χ2v) is 11.3. The summed E-state index contributed by atoms with van der Waals surface area (Å²) in [5, 5.41) is 10.3. The molecule has 2 aromatic carbocycles. The SMILES string of the molecule is CC.CNCCCN(C)CCCCCCCNC(=O)COc1cccc(Cn2cnc3c(N)cc(-c4c(C)noc4C)cc32)c1. The lowest BCUT2D eigenvalue weighted by atomic mass is 10.0. The van der Waals surface area contributed by atoms with Crippen LogP contribution in [0.2, 0.25) is 0 Å². The first-order valence-electron chi connectivity index (χ1n) is 16.3. The summed E-state index contributed by atoms with van der Waals surface area (Å²) in [5.41, 5.74) is 12.4. The van der Waals surface area contributed by atoms with E-state index >= 15 is 0 Å². The molecule has 0 fully saturated rings. The van der Waals surface area contributed by atoms with Crippen molar-refractivity contribution in [2.75, 3.05) is 52.6 Å². The first-order valence-corrected chi connectivity index (χ1v) is 16.3. The zero-order chi connectivity index (χ0) is 32.6. The Labute approximate surface area is 268 Å². The van der Waals surface area contributed by atoms with Gasteiger partial charge in [0.25, 0.3) is 5.91 Å². The molecule has 10 nitrogen and oxygen atoms in total. The second-order valence-electron chi connectivity index (χ2n) is 11.3. The number of nitrogens with zero attached hydrogens (tertiary/aromatic N) is 4. The molecule has 0 aliphatic carbocycles. The molecule has 0 aliphatic rings. The van der Waals surface area contributed by atoms with Crippen molar-refractivity contribution in [2.24, 2.45) is 0 Å². The topological polar surface area (TPSA) is 123 Å². The number of hydrogen-bond acceptors (Lipinski definition) is 8. The maximum Gasteiger partial charge on any atom is 0.257 e. The molecule has 0 saturated carbocycles. The number of nitrogens with one attached hydrogen (secondary N) is 2. The van der Waals surface area contributed by atoms with E-state index in [0.29, 0.717) is 24.5 Å². The van der Waals surface area contributed by atoms with Gasteiger partial charge in [0.05, 0.1) is 23.2 Å². The monoisotopic (exact) mass is 619 g/mol. The van der Waals surface area contributed by atoms with Gasteiger partial charge in [-0.1, -0.05) is 50.4 Å². The molecule has 2 heterocycles. The molecule has 0 saturated heterocycles. The van der Waals surface area contributed by atoms with Gasteiger partial charge in [-0.2, -0.15) is 0 Å². The smallest absolute Gasteiger partial charge is 0.257 e. The van der Waals surface area contributed by atoms with Crippen LogP contribution < -0.4 is 21.1 Å². The third kappa shape index (κ3) is 10.9. The number of imidazole rings is 1. The number of benzene rings is 2. The van der Waals surface area contributed by atoms with E-state index < -0.39 is 0 Å². The van der Waals surface area contributed by atoms with Crippen LogP contribution in [0.3, 0.4) is 0 Å². The summed E-state index contributed by atoms with van der Waals surface area (Å²) >= 11 is 0. The molecule has 1 amide bonds. The van der Waals surface area contributed by atoms with Crippen molar-refractivity contribution in [3.05, 3.63) is 59.7 Å². The molecular weight excluding hydrogens is 566 g/mol. The van der Waals surface area contributed by atoms with Crippen LogP contribution in [0, 0.1) is 13.8 Å². The number of aromatic nitrogens is 3. The first-order chi connectivity index (χ1) is 21.9. The summed E-state index contributed by atoms with van der Waals surface area (Å²) in [7, 11) is 4.19. The number of nitrogen functional groups attached to an aromatic ring is 1. The van der Waals surface area contributed by atoms with Gasteiger partial charge in [0.2, 0.25) is 0 Å². The van der Waals surface area contributed by atoms with Crippen molar-refractivity contribution >= 4 is 22.6 Å². The van der Waals surface area contributed by atoms with Gasteiger partial charge in [0, 0.05) is 18.7 Å². The number of carbonyl (C=O) groups excluding carboxylic acids is 1. The molecule has 45 heavy (non-hydrogen) atoms. The summed E-state index contributed by atoms with van der Waals surface area (Å²) in [6.07, 6.45) is 8.75. The highest BCUT2D eigenvalue weighted by atomic mass is 16.5. The van der Waals surface area contributed by atoms with Crippen molar-refractivity contribution in [2.45, 2.75) is 72.8 Å². The molecule has 0 aliphatic heterocycles. The fourth-order valence-corrected chi connectivity index (χ4v) is 5.39. The first kappa shape index (κ1) is 35.6. The van der Waals surface area contributed by atoms with E-state index in [4.69, 9.17) is 15.0 Å². The quantitative estimate of drug-likeness (QED) is 0.0922. The minimum atomic E-state index is -0.100. The summed E-state index contributed by atoms with van der Waals surface area (Å²) in [6, 6.07) is 11.8. The minimum absolute atomic E-state index is 0.00528. The van der Waals surface area contributed by atoms with E-state index in [2.05, 4.69) is 43.4 Å². The Balaban J connectivity index is 0.00000271. The van der Waals surface area contributed by atoms with Crippen molar-refractivity contribution in [3.63, 3.8) is 0 Å². The van der Waals surface area contributed by atoms with Gasteiger partial charge < -0.3 is 35.1 Å².